The predicted molar refractivity (Wildman–Crippen MR) is 99.5 cm³/mol. The standard InChI is InChI=1S/C17H22N4OS2/c1-3-11(2)18-16-20-21-17(24-16)23-14(12-7-5-4-6-8-12)15(22)19-13-9-10-13/h4-8,11,13-14H,3,9-10H2,1-2H3,(H,18,20)(H,19,22)/t11-,14+/m0/s1. The fourth-order valence-corrected chi connectivity index (χ4v) is 4.20. The molecule has 2 atom stereocenters. The molecule has 128 valence electrons. The highest BCUT2D eigenvalue weighted by Crippen LogP contribution is 2.38. The van der Waals surface area contributed by atoms with Gasteiger partial charge in [-0.25, -0.2) is 0 Å². The van der Waals surface area contributed by atoms with Crippen LogP contribution in [0.2, 0.25) is 0 Å². The highest BCUT2D eigenvalue weighted by molar-refractivity contribution is 8.01. The zero-order valence-electron chi connectivity index (χ0n) is 13.9. The minimum absolute atomic E-state index is 0.0559. The van der Waals surface area contributed by atoms with Gasteiger partial charge >= 0.3 is 0 Å². The molecule has 1 aromatic heterocycles. The SMILES string of the molecule is CC[C@H](C)Nc1nnc(S[C@@H](C(=O)NC2CC2)c2ccccc2)s1. The maximum Gasteiger partial charge on any atom is 0.238 e. The summed E-state index contributed by atoms with van der Waals surface area (Å²) >= 11 is 2.97. The number of nitrogens with zero attached hydrogens (tertiary/aromatic N) is 2. The zero-order chi connectivity index (χ0) is 16.9. The van der Waals surface area contributed by atoms with Gasteiger partial charge < -0.3 is 10.6 Å². The molecule has 1 saturated carbocycles. The Kier molecular flexibility index (Phi) is 5.73. The maximum atomic E-state index is 12.6. The third-order valence-corrected chi connectivity index (χ3v) is 6.06. The van der Waals surface area contributed by atoms with Crippen molar-refractivity contribution in [1.29, 1.82) is 0 Å². The normalized spacial score (nSPS) is 16.4. The number of amides is 1. The molecule has 0 bridgehead atoms. The first-order valence-corrected chi connectivity index (χ1v) is 9.97. The van der Waals surface area contributed by atoms with Crippen molar-refractivity contribution in [3.63, 3.8) is 0 Å². The summed E-state index contributed by atoms with van der Waals surface area (Å²) < 4.78 is 0.806. The van der Waals surface area contributed by atoms with Crippen molar-refractivity contribution in [1.82, 2.24) is 15.5 Å². The van der Waals surface area contributed by atoms with Gasteiger partial charge in [0.05, 0.1) is 0 Å². The van der Waals surface area contributed by atoms with Gasteiger partial charge in [-0.3, -0.25) is 4.79 Å². The van der Waals surface area contributed by atoms with Crippen molar-refractivity contribution < 1.29 is 4.79 Å². The van der Waals surface area contributed by atoms with Gasteiger partial charge in [0.25, 0.3) is 0 Å². The first-order valence-electron chi connectivity index (χ1n) is 8.27. The molecule has 24 heavy (non-hydrogen) atoms. The first-order chi connectivity index (χ1) is 11.7. The lowest BCUT2D eigenvalue weighted by atomic mass is 10.1. The van der Waals surface area contributed by atoms with Gasteiger partial charge in [-0.2, -0.15) is 0 Å². The third-order valence-electron chi connectivity index (χ3n) is 3.87. The molecule has 0 saturated heterocycles. The van der Waals surface area contributed by atoms with Crippen molar-refractivity contribution in [2.45, 2.75) is 54.8 Å². The summed E-state index contributed by atoms with van der Waals surface area (Å²) in [6.45, 7) is 4.24. The van der Waals surface area contributed by atoms with Gasteiger partial charge in [0.2, 0.25) is 11.0 Å². The Bertz CT molecular complexity index is 672. The molecule has 1 aliphatic rings. The molecule has 3 rings (SSSR count). The van der Waals surface area contributed by atoms with Crippen LogP contribution in [-0.4, -0.2) is 28.2 Å². The van der Waals surface area contributed by atoms with Gasteiger partial charge in [-0.05, 0) is 31.7 Å². The van der Waals surface area contributed by atoms with Crippen LogP contribution in [0.4, 0.5) is 5.13 Å². The summed E-state index contributed by atoms with van der Waals surface area (Å²) in [6, 6.07) is 10.6. The average Bonchev–Trinajstić information content (AvgIpc) is 3.30. The maximum absolute atomic E-state index is 12.6. The molecule has 0 unspecified atom stereocenters. The summed E-state index contributed by atoms with van der Waals surface area (Å²) in [5.74, 6) is 0.0559. The van der Waals surface area contributed by atoms with Crippen LogP contribution in [0, 0.1) is 0 Å². The van der Waals surface area contributed by atoms with E-state index in [-0.39, 0.29) is 11.2 Å². The van der Waals surface area contributed by atoms with E-state index in [0.29, 0.717) is 12.1 Å². The van der Waals surface area contributed by atoms with Crippen LogP contribution >= 0.6 is 23.1 Å². The molecule has 0 spiro atoms. The molecule has 1 aromatic carbocycles. The fraction of sp³-hybridized carbons (Fsp3) is 0.471. The zero-order valence-corrected chi connectivity index (χ0v) is 15.5. The molecule has 0 aliphatic heterocycles. The van der Waals surface area contributed by atoms with Gasteiger partial charge in [-0.15, -0.1) is 10.2 Å². The topological polar surface area (TPSA) is 66.9 Å². The summed E-state index contributed by atoms with van der Waals surface area (Å²) in [5.41, 5.74) is 0.993. The molecule has 2 aromatic rings. The lowest BCUT2D eigenvalue weighted by Crippen LogP contribution is -2.29. The molecule has 1 heterocycles. The molecule has 5 nitrogen and oxygen atoms in total. The molecule has 1 fully saturated rings. The van der Waals surface area contributed by atoms with Crippen molar-refractivity contribution in [3.8, 4) is 0 Å². The number of aromatic nitrogens is 2. The average molecular weight is 363 g/mol. The number of thioether (sulfide) groups is 1. The lowest BCUT2D eigenvalue weighted by molar-refractivity contribution is -0.120. The number of hydrogen-bond donors (Lipinski definition) is 2. The van der Waals surface area contributed by atoms with E-state index in [9.17, 15) is 4.79 Å². The number of nitrogens with one attached hydrogen (secondary N) is 2. The van der Waals surface area contributed by atoms with Gasteiger partial charge in [0.1, 0.15) is 5.25 Å². The van der Waals surface area contributed by atoms with E-state index >= 15 is 0 Å². The lowest BCUT2D eigenvalue weighted by Gasteiger charge is -2.15. The molecule has 1 aliphatic carbocycles. The Morgan fingerprint density at radius 1 is 1.33 bits per heavy atom. The highest BCUT2D eigenvalue weighted by Gasteiger charge is 2.29. The van der Waals surface area contributed by atoms with E-state index in [1.54, 1.807) is 0 Å². The number of carbonyl (C=O) groups is 1. The fourth-order valence-electron chi connectivity index (χ4n) is 2.13. The van der Waals surface area contributed by atoms with E-state index in [2.05, 4.69) is 34.7 Å². The van der Waals surface area contributed by atoms with Crippen LogP contribution in [0.5, 0.6) is 0 Å². The monoisotopic (exact) mass is 362 g/mol. The summed E-state index contributed by atoms with van der Waals surface area (Å²) in [5, 5.41) is 15.4. The molecular formula is C17H22N4OS2. The second-order valence-electron chi connectivity index (χ2n) is 6.02. The Balaban J connectivity index is 1.72. The van der Waals surface area contributed by atoms with Gasteiger partial charge in [0, 0.05) is 12.1 Å². The van der Waals surface area contributed by atoms with E-state index in [4.69, 9.17) is 0 Å². The van der Waals surface area contributed by atoms with Crippen LogP contribution in [0.25, 0.3) is 0 Å². The second-order valence-corrected chi connectivity index (χ2v) is 8.35. The first kappa shape index (κ1) is 17.2. The van der Waals surface area contributed by atoms with E-state index in [1.165, 1.54) is 23.1 Å². The minimum atomic E-state index is -0.295. The number of benzene rings is 1. The van der Waals surface area contributed by atoms with E-state index in [1.807, 2.05) is 30.3 Å². The Morgan fingerprint density at radius 2 is 2.08 bits per heavy atom. The van der Waals surface area contributed by atoms with Crippen molar-refractivity contribution in [3.05, 3.63) is 35.9 Å². The van der Waals surface area contributed by atoms with Crippen LogP contribution in [-0.2, 0) is 4.79 Å². The van der Waals surface area contributed by atoms with Gasteiger partial charge in [-0.1, -0.05) is 60.4 Å². The number of carbonyl (C=O) groups excluding carboxylic acids is 1. The largest absolute Gasteiger partial charge is 0.358 e. The third kappa shape index (κ3) is 4.70. The Labute approximate surface area is 150 Å². The second kappa shape index (κ2) is 7.98. The van der Waals surface area contributed by atoms with E-state index < -0.39 is 0 Å². The highest BCUT2D eigenvalue weighted by atomic mass is 32.2. The van der Waals surface area contributed by atoms with Crippen molar-refractivity contribution >= 4 is 34.1 Å². The number of rotatable bonds is 8. The Hall–Kier alpha value is -1.60. The molecule has 7 heteroatoms. The molecular weight excluding hydrogens is 340 g/mol. The van der Waals surface area contributed by atoms with Crippen LogP contribution in [0.1, 0.15) is 43.9 Å². The van der Waals surface area contributed by atoms with E-state index in [0.717, 1.165) is 34.3 Å². The number of anilines is 1. The van der Waals surface area contributed by atoms with Crippen molar-refractivity contribution in [2.75, 3.05) is 5.32 Å². The summed E-state index contributed by atoms with van der Waals surface area (Å²) in [6.07, 6.45) is 3.19. The predicted octanol–water partition coefficient (Wildman–Crippen LogP) is 3.86. The summed E-state index contributed by atoms with van der Waals surface area (Å²) in [4.78, 5) is 12.6. The van der Waals surface area contributed by atoms with Crippen LogP contribution in [0.15, 0.2) is 34.7 Å². The number of hydrogen-bond acceptors (Lipinski definition) is 6. The summed E-state index contributed by atoms with van der Waals surface area (Å²) in [7, 11) is 0. The molecule has 0 radical (unpaired) electrons. The minimum Gasteiger partial charge on any atom is -0.358 e. The van der Waals surface area contributed by atoms with Crippen molar-refractivity contribution in [2.24, 2.45) is 0 Å². The quantitative estimate of drug-likeness (QED) is 0.698. The van der Waals surface area contributed by atoms with Crippen LogP contribution in [0.3, 0.4) is 0 Å². The van der Waals surface area contributed by atoms with Gasteiger partial charge in [0.15, 0.2) is 4.34 Å². The molecule has 2 N–H and O–H groups in total. The molecule has 1 amide bonds. The smallest absolute Gasteiger partial charge is 0.238 e. The van der Waals surface area contributed by atoms with Crippen LogP contribution < -0.4 is 10.6 Å². The Morgan fingerprint density at radius 3 is 2.75 bits per heavy atom.